The Kier molecular flexibility index (Phi) is 2.29. The number of benzene rings is 1. The monoisotopic (exact) mass is 154 g/mol. The Morgan fingerprint density at radius 1 is 1.40 bits per heavy atom. The van der Waals surface area contributed by atoms with E-state index in [0.717, 1.165) is 5.30 Å². The van der Waals surface area contributed by atoms with Crippen molar-refractivity contribution in [2.75, 3.05) is 6.66 Å². The molecule has 0 aromatic heterocycles. The maximum absolute atomic E-state index is 9.24. The lowest BCUT2D eigenvalue weighted by Gasteiger charge is -2.00. The Bertz CT molecular complexity index is 233. The molecule has 0 radical (unpaired) electrons. The minimum absolute atomic E-state index is 0.423. The first-order chi connectivity index (χ1) is 4.74. The van der Waals surface area contributed by atoms with Crippen LogP contribution in [0.25, 0.3) is 0 Å². The summed E-state index contributed by atoms with van der Waals surface area (Å²) in [6.07, 6.45) is 0. The molecule has 0 saturated carbocycles. The van der Waals surface area contributed by atoms with Gasteiger partial charge in [-0.15, -0.1) is 0 Å². The van der Waals surface area contributed by atoms with E-state index in [2.05, 4.69) is 6.66 Å². The van der Waals surface area contributed by atoms with Crippen molar-refractivity contribution in [2.45, 2.75) is 6.92 Å². The predicted molar refractivity (Wildman–Crippen MR) is 46.7 cm³/mol. The number of phenolic OH excluding ortho intramolecular Hbond substituents is 1. The van der Waals surface area contributed by atoms with E-state index in [-0.39, 0.29) is 0 Å². The summed E-state index contributed by atoms with van der Waals surface area (Å²) in [5, 5.41) is 10.3. The van der Waals surface area contributed by atoms with Crippen LogP contribution in [0.4, 0.5) is 0 Å². The highest BCUT2D eigenvalue weighted by Crippen LogP contribution is 2.15. The van der Waals surface area contributed by atoms with Gasteiger partial charge in [0.15, 0.2) is 0 Å². The van der Waals surface area contributed by atoms with E-state index in [4.69, 9.17) is 0 Å². The highest BCUT2D eigenvalue weighted by molar-refractivity contribution is 7.46. The molecule has 1 nitrogen and oxygen atoms in total. The molecule has 0 spiro atoms. The topological polar surface area (TPSA) is 20.2 Å². The van der Waals surface area contributed by atoms with Crippen LogP contribution in [0.1, 0.15) is 5.56 Å². The molecule has 1 aromatic rings. The van der Waals surface area contributed by atoms with Gasteiger partial charge in [0.1, 0.15) is 5.75 Å². The zero-order valence-corrected chi connectivity index (χ0v) is 7.18. The van der Waals surface area contributed by atoms with Crippen LogP contribution in [0.3, 0.4) is 0 Å². The fourth-order valence-electron chi connectivity index (χ4n) is 0.850. The first-order valence-corrected chi connectivity index (χ1v) is 4.71. The molecule has 2 heteroatoms. The second kappa shape index (κ2) is 3.03. The second-order valence-corrected chi connectivity index (χ2v) is 3.31. The number of aromatic hydroxyl groups is 1. The van der Waals surface area contributed by atoms with E-state index in [1.54, 1.807) is 6.07 Å². The molecule has 0 aliphatic rings. The van der Waals surface area contributed by atoms with Gasteiger partial charge in [0.05, 0.1) is 0 Å². The minimum atomic E-state index is 0.423. The third-order valence-corrected chi connectivity index (χ3v) is 2.36. The lowest BCUT2D eigenvalue weighted by molar-refractivity contribution is 0.479. The molecule has 1 N–H and O–H groups in total. The third-order valence-electron chi connectivity index (χ3n) is 1.42. The number of hydrogen-bond donors (Lipinski definition) is 1. The number of rotatable bonds is 1. The summed E-state index contributed by atoms with van der Waals surface area (Å²) < 4.78 is 0. The Balaban J connectivity index is 3.09. The van der Waals surface area contributed by atoms with Crippen molar-refractivity contribution in [3.63, 3.8) is 0 Å². The maximum Gasteiger partial charge on any atom is 0.122 e. The van der Waals surface area contributed by atoms with Gasteiger partial charge < -0.3 is 5.11 Å². The van der Waals surface area contributed by atoms with Crippen LogP contribution in [0, 0.1) is 6.92 Å². The summed E-state index contributed by atoms with van der Waals surface area (Å²) in [6.45, 7) is 4.09. The van der Waals surface area contributed by atoms with Crippen LogP contribution in [0.2, 0.25) is 0 Å². The van der Waals surface area contributed by atoms with Gasteiger partial charge in [0, 0.05) is 5.30 Å². The molecule has 0 fully saturated rings. The van der Waals surface area contributed by atoms with Crippen LogP contribution in [-0.2, 0) is 0 Å². The second-order valence-electron chi connectivity index (χ2n) is 2.27. The maximum atomic E-state index is 9.24. The molecule has 0 bridgehead atoms. The van der Waals surface area contributed by atoms with Gasteiger partial charge in [-0.2, -0.15) is 0 Å². The van der Waals surface area contributed by atoms with Crippen LogP contribution in [0.5, 0.6) is 5.75 Å². The zero-order valence-electron chi connectivity index (χ0n) is 6.18. The Labute approximate surface area is 62.9 Å². The molecular weight excluding hydrogens is 143 g/mol. The summed E-state index contributed by atoms with van der Waals surface area (Å²) in [7, 11) is 0.675. The average Bonchev–Trinajstić information content (AvgIpc) is 1.94. The van der Waals surface area contributed by atoms with E-state index >= 15 is 0 Å². The van der Waals surface area contributed by atoms with Crippen LogP contribution < -0.4 is 5.30 Å². The number of hydrogen-bond acceptors (Lipinski definition) is 1. The van der Waals surface area contributed by atoms with E-state index < -0.39 is 0 Å². The fourth-order valence-corrected chi connectivity index (χ4v) is 1.56. The van der Waals surface area contributed by atoms with E-state index in [0.29, 0.717) is 14.3 Å². The van der Waals surface area contributed by atoms with Crippen LogP contribution in [-0.4, -0.2) is 11.8 Å². The molecule has 54 valence electrons. The quantitative estimate of drug-likeness (QED) is 0.609. The Hall–Kier alpha value is -0.550. The number of aryl methyl sites for hydroxylation is 1. The van der Waals surface area contributed by atoms with Crippen molar-refractivity contribution in [1.82, 2.24) is 0 Å². The van der Waals surface area contributed by atoms with Crippen molar-refractivity contribution < 1.29 is 5.11 Å². The summed E-state index contributed by atoms with van der Waals surface area (Å²) in [5.74, 6) is 0.423. The normalized spacial score (nSPS) is 11.0. The van der Waals surface area contributed by atoms with Gasteiger partial charge >= 0.3 is 0 Å². The SMILES string of the molecule is CPc1cc(C)ccc1O. The third kappa shape index (κ3) is 1.48. The van der Waals surface area contributed by atoms with Gasteiger partial charge in [-0.3, -0.25) is 0 Å². The molecule has 0 heterocycles. The predicted octanol–water partition coefficient (Wildman–Crippen LogP) is 1.63. The van der Waals surface area contributed by atoms with Gasteiger partial charge in [0.25, 0.3) is 0 Å². The minimum Gasteiger partial charge on any atom is -0.507 e. The van der Waals surface area contributed by atoms with E-state index in [1.807, 2.05) is 19.1 Å². The van der Waals surface area contributed by atoms with E-state index in [9.17, 15) is 5.11 Å². The van der Waals surface area contributed by atoms with Crippen molar-refractivity contribution >= 4 is 13.9 Å². The lowest BCUT2D eigenvalue weighted by Crippen LogP contribution is -1.94. The standard InChI is InChI=1S/C8H11OP/c1-6-3-4-7(9)8(5-6)10-2/h3-5,9-10H,1-2H3. The zero-order chi connectivity index (χ0) is 7.56. The van der Waals surface area contributed by atoms with Crippen molar-refractivity contribution in [3.05, 3.63) is 23.8 Å². The summed E-state index contributed by atoms with van der Waals surface area (Å²) >= 11 is 0. The molecule has 1 atom stereocenters. The van der Waals surface area contributed by atoms with Gasteiger partial charge in [-0.1, -0.05) is 20.2 Å². The van der Waals surface area contributed by atoms with Crippen LogP contribution in [0.15, 0.2) is 18.2 Å². The molecule has 0 amide bonds. The molecule has 0 aliphatic heterocycles. The van der Waals surface area contributed by atoms with E-state index in [1.165, 1.54) is 5.56 Å². The van der Waals surface area contributed by atoms with Gasteiger partial charge in [-0.25, -0.2) is 0 Å². The summed E-state index contributed by atoms with van der Waals surface area (Å²) in [5.41, 5.74) is 1.21. The number of phenols is 1. The van der Waals surface area contributed by atoms with Crippen molar-refractivity contribution in [3.8, 4) is 5.75 Å². The highest BCUT2D eigenvalue weighted by Gasteiger charge is 1.96. The summed E-state index contributed by atoms with van der Waals surface area (Å²) in [6, 6.07) is 5.69. The average molecular weight is 154 g/mol. The Morgan fingerprint density at radius 2 is 2.10 bits per heavy atom. The fraction of sp³-hybridized carbons (Fsp3) is 0.250. The van der Waals surface area contributed by atoms with Crippen LogP contribution >= 0.6 is 8.58 Å². The van der Waals surface area contributed by atoms with Gasteiger partial charge in [-0.05, 0) is 25.7 Å². The lowest BCUT2D eigenvalue weighted by atomic mass is 10.2. The first-order valence-electron chi connectivity index (χ1n) is 3.21. The molecular formula is C8H11OP. The molecule has 1 rings (SSSR count). The highest BCUT2D eigenvalue weighted by atomic mass is 31.1. The van der Waals surface area contributed by atoms with Crippen molar-refractivity contribution in [2.24, 2.45) is 0 Å². The molecule has 0 saturated heterocycles. The van der Waals surface area contributed by atoms with Crippen molar-refractivity contribution in [1.29, 1.82) is 0 Å². The largest absolute Gasteiger partial charge is 0.507 e. The first kappa shape index (κ1) is 7.56. The van der Waals surface area contributed by atoms with Gasteiger partial charge in [0.2, 0.25) is 0 Å². The summed E-state index contributed by atoms with van der Waals surface area (Å²) in [4.78, 5) is 0. The molecule has 1 aromatic carbocycles. The molecule has 1 unspecified atom stereocenters. The Morgan fingerprint density at radius 3 is 2.60 bits per heavy atom. The molecule has 10 heavy (non-hydrogen) atoms. The molecule has 0 aliphatic carbocycles. The smallest absolute Gasteiger partial charge is 0.122 e.